The van der Waals surface area contributed by atoms with Gasteiger partial charge in [0.1, 0.15) is 17.1 Å². The molecule has 4 heteroatoms. The number of phenols is 1. The Kier molecular flexibility index (Phi) is 5.76. The first-order chi connectivity index (χ1) is 14.7. The van der Waals surface area contributed by atoms with Crippen molar-refractivity contribution in [2.45, 2.75) is 5.92 Å². The van der Waals surface area contributed by atoms with Gasteiger partial charge in [-0.3, -0.25) is 0 Å². The van der Waals surface area contributed by atoms with Gasteiger partial charge in [0.05, 0.1) is 6.26 Å². The number of phenolic OH excluding ortho intramolecular Hbond substituents is 1. The number of para-hydroxylation sites is 1. The number of hydrogen-bond donors (Lipinski definition) is 1. The fourth-order valence-corrected chi connectivity index (χ4v) is 3.14. The van der Waals surface area contributed by atoms with Crippen molar-refractivity contribution in [1.29, 1.82) is 0 Å². The van der Waals surface area contributed by atoms with Crippen molar-refractivity contribution in [3.05, 3.63) is 131 Å². The third-order valence-electron chi connectivity index (χ3n) is 4.68. The molecule has 1 atom stereocenters. The molecule has 1 unspecified atom stereocenters. The molecule has 3 aromatic carbocycles. The molecule has 1 aliphatic heterocycles. The molecule has 0 saturated heterocycles. The molecule has 5 rings (SSSR count). The number of fused-ring (bicyclic) bond motifs is 1. The normalized spacial score (nSPS) is 14.9. The lowest BCUT2D eigenvalue weighted by Crippen LogP contribution is -1.99. The molecular weight excluding hydrogens is 376 g/mol. The average molecular weight is 396 g/mol. The minimum atomic E-state index is -0.302. The smallest absolute Gasteiger partial charge is 0.336 e. The van der Waals surface area contributed by atoms with Crippen LogP contribution >= 0.6 is 0 Å². The van der Waals surface area contributed by atoms with E-state index in [0.717, 1.165) is 16.7 Å². The van der Waals surface area contributed by atoms with Crippen molar-refractivity contribution in [3.8, 4) is 5.75 Å². The van der Waals surface area contributed by atoms with Gasteiger partial charge in [-0.25, -0.2) is 4.79 Å². The van der Waals surface area contributed by atoms with Gasteiger partial charge in [-0.2, -0.15) is 0 Å². The maximum Gasteiger partial charge on any atom is 0.336 e. The molecule has 0 saturated carbocycles. The minimum absolute atomic E-state index is 0.221. The van der Waals surface area contributed by atoms with Gasteiger partial charge in [-0.05, 0) is 54.1 Å². The highest BCUT2D eigenvalue weighted by molar-refractivity contribution is 5.75. The summed E-state index contributed by atoms with van der Waals surface area (Å²) in [4.78, 5) is 10.7. The zero-order valence-corrected chi connectivity index (χ0v) is 16.1. The summed E-state index contributed by atoms with van der Waals surface area (Å²) in [6.07, 6.45) is 5.83. The van der Waals surface area contributed by atoms with Crippen LogP contribution in [0.2, 0.25) is 0 Å². The van der Waals surface area contributed by atoms with Crippen LogP contribution in [0.15, 0.2) is 119 Å². The van der Waals surface area contributed by atoms with Crippen LogP contribution in [0.4, 0.5) is 0 Å². The van der Waals surface area contributed by atoms with Crippen molar-refractivity contribution in [1.82, 2.24) is 0 Å². The van der Waals surface area contributed by atoms with Crippen LogP contribution in [-0.4, -0.2) is 5.11 Å². The van der Waals surface area contributed by atoms with Crippen molar-refractivity contribution < 1.29 is 14.3 Å². The molecule has 30 heavy (non-hydrogen) atoms. The average Bonchev–Trinajstić information content (AvgIpc) is 2.80. The highest BCUT2D eigenvalue weighted by Gasteiger charge is 2.13. The summed E-state index contributed by atoms with van der Waals surface area (Å²) < 4.78 is 10.5. The van der Waals surface area contributed by atoms with Gasteiger partial charge < -0.3 is 14.3 Å². The molecular formula is C26H20O4. The first-order valence-electron chi connectivity index (χ1n) is 9.57. The Morgan fingerprint density at radius 3 is 2.30 bits per heavy atom. The van der Waals surface area contributed by atoms with Gasteiger partial charge in [0.15, 0.2) is 0 Å². The molecule has 0 amide bonds. The quantitative estimate of drug-likeness (QED) is 0.432. The summed E-state index contributed by atoms with van der Waals surface area (Å²) in [6.45, 7) is 0. The van der Waals surface area contributed by atoms with Gasteiger partial charge in [-0.1, -0.05) is 48.5 Å². The van der Waals surface area contributed by atoms with Gasteiger partial charge >= 0.3 is 5.63 Å². The summed E-state index contributed by atoms with van der Waals surface area (Å²) in [5.41, 5.74) is 2.53. The summed E-state index contributed by atoms with van der Waals surface area (Å²) >= 11 is 0. The van der Waals surface area contributed by atoms with E-state index in [1.54, 1.807) is 30.5 Å². The second-order valence-corrected chi connectivity index (χ2v) is 6.75. The second kappa shape index (κ2) is 8.97. The molecule has 0 bridgehead atoms. The molecule has 1 aliphatic rings. The van der Waals surface area contributed by atoms with Crippen LogP contribution in [0.3, 0.4) is 0 Å². The fraction of sp³-hybridized carbons (Fsp3) is 0.0385. The summed E-state index contributed by atoms with van der Waals surface area (Å²) in [5, 5.41) is 10.3. The van der Waals surface area contributed by atoms with E-state index >= 15 is 0 Å². The number of rotatable bonds is 2. The second-order valence-electron chi connectivity index (χ2n) is 6.75. The molecule has 0 fully saturated rings. The molecule has 2 heterocycles. The Balaban J connectivity index is 0.000000168. The molecule has 4 aromatic rings. The Morgan fingerprint density at radius 1 is 0.767 bits per heavy atom. The molecule has 148 valence electrons. The molecule has 4 nitrogen and oxygen atoms in total. The molecule has 1 aromatic heterocycles. The highest BCUT2D eigenvalue weighted by Crippen LogP contribution is 2.29. The molecule has 0 aliphatic carbocycles. The lowest BCUT2D eigenvalue weighted by molar-refractivity contribution is 0.424. The number of ether oxygens (including phenoxy) is 1. The van der Waals surface area contributed by atoms with Crippen molar-refractivity contribution in [2.24, 2.45) is 0 Å². The van der Waals surface area contributed by atoms with E-state index in [1.165, 1.54) is 11.6 Å². The summed E-state index contributed by atoms with van der Waals surface area (Å²) in [6, 6.07) is 27.9. The van der Waals surface area contributed by atoms with Gasteiger partial charge in [0, 0.05) is 22.9 Å². The predicted octanol–water partition coefficient (Wildman–Crippen LogP) is 5.85. The predicted molar refractivity (Wildman–Crippen MR) is 118 cm³/mol. The summed E-state index contributed by atoms with van der Waals surface area (Å²) in [5.74, 6) is 1.30. The Bertz CT molecular complexity index is 1240. The van der Waals surface area contributed by atoms with E-state index in [4.69, 9.17) is 9.15 Å². The highest BCUT2D eigenvalue weighted by atomic mass is 16.5. The third-order valence-corrected chi connectivity index (χ3v) is 4.68. The van der Waals surface area contributed by atoms with Crippen LogP contribution in [0.5, 0.6) is 5.75 Å². The zero-order valence-electron chi connectivity index (χ0n) is 16.1. The Labute approximate surface area is 174 Å². The van der Waals surface area contributed by atoms with E-state index in [9.17, 15) is 9.90 Å². The lowest BCUT2D eigenvalue weighted by atomic mass is 9.96. The van der Waals surface area contributed by atoms with E-state index in [2.05, 4.69) is 18.2 Å². The lowest BCUT2D eigenvalue weighted by Gasteiger charge is -2.17. The molecule has 1 N–H and O–H groups in total. The monoisotopic (exact) mass is 396 g/mol. The van der Waals surface area contributed by atoms with Gasteiger partial charge in [0.25, 0.3) is 0 Å². The fourth-order valence-electron chi connectivity index (χ4n) is 3.14. The van der Waals surface area contributed by atoms with Crippen LogP contribution < -0.4 is 5.63 Å². The first-order valence-corrected chi connectivity index (χ1v) is 9.57. The van der Waals surface area contributed by atoms with E-state index < -0.39 is 0 Å². The third kappa shape index (κ3) is 4.67. The summed E-state index contributed by atoms with van der Waals surface area (Å²) in [7, 11) is 0. The maximum atomic E-state index is 10.7. The largest absolute Gasteiger partial charge is 0.508 e. The number of benzene rings is 3. The standard InChI is InChI=1S/C17H14O2.C9H6O2/c18-16-8-6-14(7-9-16)17-12-15(10-11-19-17)13-4-2-1-3-5-13;10-9-6-5-7-3-1-2-4-8(7)11-9/h1-12,15,18H;1-6H. The Morgan fingerprint density at radius 2 is 1.50 bits per heavy atom. The van der Waals surface area contributed by atoms with Gasteiger partial charge in [-0.15, -0.1) is 0 Å². The Hall–Kier alpha value is -4.05. The SMILES string of the molecule is O=c1ccc2ccccc2o1.Oc1ccc(C2=CC(c3ccccc3)C=CO2)cc1. The number of aromatic hydroxyl groups is 1. The zero-order chi connectivity index (χ0) is 20.8. The van der Waals surface area contributed by atoms with Crippen LogP contribution in [0.25, 0.3) is 16.7 Å². The van der Waals surface area contributed by atoms with E-state index in [-0.39, 0.29) is 17.3 Å². The van der Waals surface area contributed by atoms with E-state index in [0.29, 0.717) is 5.58 Å². The minimum Gasteiger partial charge on any atom is -0.508 e. The molecule has 0 spiro atoms. The van der Waals surface area contributed by atoms with Gasteiger partial charge in [0.2, 0.25) is 0 Å². The molecule has 0 radical (unpaired) electrons. The first kappa shape index (κ1) is 19.3. The van der Waals surface area contributed by atoms with Crippen LogP contribution in [-0.2, 0) is 4.74 Å². The van der Waals surface area contributed by atoms with Crippen LogP contribution in [0.1, 0.15) is 17.0 Å². The number of allylic oxidation sites excluding steroid dienone is 2. The van der Waals surface area contributed by atoms with E-state index in [1.807, 2.05) is 54.6 Å². The topological polar surface area (TPSA) is 59.7 Å². The number of hydrogen-bond acceptors (Lipinski definition) is 4. The van der Waals surface area contributed by atoms with Crippen molar-refractivity contribution in [2.75, 3.05) is 0 Å². The van der Waals surface area contributed by atoms with Crippen molar-refractivity contribution >= 4 is 16.7 Å². The maximum absolute atomic E-state index is 10.7. The van der Waals surface area contributed by atoms with Crippen molar-refractivity contribution in [3.63, 3.8) is 0 Å². The van der Waals surface area contributed by atoms with Crippen LogP contribution in [0, 0.1) is 0 Å².